The van der Waals surface area contributed by atoms with Crippen molar-refractivity contribution in [3.8, 4) is 0 Å². The van der Waals surface area contributed by atoms with Crippen LogP contribution >= 0.6 is 34.7 Å². The normalized spacial score (nSPS) is 10.6. The third-order valence-electron chi connectivity index (χ3n) is 2.92. The number of aliphatic hydroxyl groups is 1. The molecule has 2 rings (SSSR count). The number of amides is 1. The molecule has 1 N–H and O–H groups in total. The van der Waals surface area contributed by atoms with E-state index < -0.39 is 0 Å². The number of halogens is 1. The highest BCUT2D eigenvalue weighted by atomic mass is 35.5. The fourth-order valence-electron chi connectivity index (χ4n) is 1.71. The second-order valence-electron chi connectivity index (χ2n) is 4.55. The number of hydrogen-bond acceptors (Lipinski definition) is 4. The van der Waals surface area contributed by atoms with E-state index in [0.717, 1.165) is 19.7 Å². The van der Waals surface area contributed by atoms with Crippen molar-refractivity contribution in [2.24, 2.45) is 0 Å². The van der Waals surface area contributed by atoms with Crippen molar-refractivity contribution in [1.82, 2.24) is 4.90 Å². The fraction of sp³-hybridized carbons (Fsp3) is 0.267. The number of thiophene rings is 1. The van der Waals surface area contributed by atoms with Crippen LogP contribution in [0.5, 0.6) is 0 Å². The molecule has 0 saturated carbocycles. The van der Waals surface area contributed by atoms with Crippen LogP contribution in [0.4, 0.5) is 0 Å². The van der Waals surface area contributed by atoms with Gasteiger partial charge in [-0.2, -0.15) is 0 Å². The maximum absolute atomic E-state index is 12.1. The van der Waals surface area contributed by atoms with Gasteiger partial charge in [-0.05, 0) is 29.8 Å². The molecular formula is C15H16ClNO2S2. The lowest BCUT2D eigenvalue weighted by molar-refractivity contribution is -0.127. The van der Waals surface area contributed by atoms with Crippen LogP contribution < -0.4 is 0 Å². The minimum absolute atomic E-state index is 0.0377. The van der Waals surface area contributed by atoms with Crippen molar-refractivity contribution in [2.45, 2.75) is 18.0 Å². The van der Waals surface area contributed by atoms with Gasteiger partial charge in [-0.1, -0.05) is 23.7 Å². The highest BCUT2D eigenvalue weighted by Gasteiger charge is 2.11. The maximum Gasteiger partial charge on any atom is 0.233 e. The van der Waals surface area contributed by atoms with Crippen LogP contribution in [0.15, 0.2) is 41.3 Å². The Morgan fingerprint density at radius 3 is 2.57 bits per heavy atom. The summed E-state index contributed by atoms with van der Waals surface area (Å²) in [6, 6.07) is 11.4. The SMILES string of the molecule is CN(Cc1ccc(Cl)s1)C(=O)CSc1ccc(CO)cc1. The van der Waals surface area contributed by atoms with E-state index in [-0.39, 0.29) is 12.5 Å². The van der Waals surface area contributed by atoms with Gasteiger partial charge in [0.25, 0.3) is 0 Å². The molecule has 1 aromatic heterocycles. The van der Waals surface area contributed by atoms with Crippen LogP contribution in [0.1, 0.15) is 10.4 Å². The Morgan fingerprint density at radius 1 is 1.29 bits per heavy atom. The number of benzene rings is 1. The number of carbonyl (C=O) groups excluding carboxylic acids is 1. The molecule has 0 aliphatic rings. The maximum atomic E-state index is 12.1. The van der Waals surface area contributed by atoms with Crippen molar-refractivity contribution >= 4 is 40.6 Å². The molecule has 0 unspecified atom stereocenters. The second-order valence-corrected chi connectivity index (χ2v) is 7.39. The first-order valence-corrected chi connectivity index (χ1v) is 8.57. The summed E-state index contributed by atoms with van der Waals surface area (Å²) in [4.78, 5) is 15.9. The largest absolute Gasteiger partial charge is 0.392 e. The highest BCUT2D eigenvalue weighted by molar-refractivity contribution is 8.00. The molecule has 2 aromatic rings. The lowest BCUT2D eigenvalue weighted by Crippen LogP contribution is -2.27. The van der Waals surface area contributed by atoms with Crippen molar-refractivity contribution in [3.63, 3.8) is 0 Å². The first-order chi connectivity index (χ1) is 10.1. The van der Waals surface area contributed by atoms with Crippen LogP contribution in [0, 0.1) is 0 Å². The van der Waals surface area contributed by atoms with Gasteiger partial charge in [-0.3, -0.25) is 4.79 Å². The summed E-state index contributed by atoms with van der Waals surface area (Å²) < 4.78 is 0.740. The Kier molecular flexibility index (Phi) is 6.11. The molecule has 0 aliphatic carbocycles. The summed E-state index contributed by atoms with van der Waals surface area (Å²) in [6.45, 7) is 0.621. The molecular weight excluding hydrogens is 326 g/mol. The van der Waals surface area contributed by atoms with Gasteiger partial charge in [0.05, 0.1) is 23.2 Å². The van der Waals surface area contributed by atoms with E-state index in [1.54, 1.807) is 11.9 Å². The molecule has 0 aliphatic heterocycles. The Bertz CT molecular complexity index is 598. The lowest BCUT2D eigenvalue weighted by atomic mass is 10.2. The summed E-state index contributed by atoms with van der Waals surface area (Å²) in [5.74, 6) is 0.476. The Hall–Kier alpha value is -1.01. The molecule has 1 aromatic carbocycles. The Labute approximate surface area is 137 Å². The summed E-state index contributed by atoms with van der Waals surface area (Å²) in [5.41, 5.74) is 0.873. The zero-order valence-electron chi connectivity index (χ0n) is 11.6. The van der Waals surface area contributed by atoms with Crippen molar-refractivity contribution < 1.29 is 9.90 Å². The minimum Gasteiger partial charge on any atom is -0.392 e. The first-order valence-electron chi connectivity index (χ1n) is 6.39. The molecule has 0 saturated heterocycles. The van der Waals surface area contributed by atoms with E-state index in [4.69, 9.17) is 16.7 Å². The number of thioether (sulfide) groups is 1. The molecule has 1 heterocycles. The van der Waals surface area contributed by atoms with Gasteiger partial charge in [0.2, 0.25) is 5.91 Å². The molecule has 6 heteroatoms. The predicted molar refractivity (Wildman–Crippen MR) is 88.9 cm³/mol. The highest BCUT2D eigenvalue weighted by Crippen LogP contribution is 2.23. The number of hydrogen-bond donors (Lipinski definition) is 1. The summed E-state index contributed by atoms with van der Waals surface area (Å²) in [7, 11) is 1.80. The first kappa shape index (κ1) is 16.4. The van der Waals surface area contributed by atoms with Gasteiger partial charge in [0, 0.05) is 16.8 Å². The molecule has 112 valence electrons. The average molecular weight is 342 g/mol. The van der Waals surface area contributed by atoms with Crippen LogP contribution in [0.25, 0.3) is 0 Å². The second kappa shape index (κ2) is 7.84. The third kappa shape index (κ3) is 5.04. The van der Waals surface area contributed by atoms with Crippen LogP contribution in [-0.2, 0) is 17.9 Å². The van der Waals surface area contributed by atoms with Gasteiger partial charge in [-0.15, -0.1) is 23.1 Å². The molecule has 1 amide bonds. The summed E-state index contributed by atoms with van der Waals surface area (Å²) >= 11 is 8.87. The topological polar surface area (TPSA) is 40.5 Å². The molecule has 0 fully saturated rings. The zero-order valence-corrected chi connectivity index (χ0v) is 14.0. The van der Waals surface area contributed by atoms with Crippen LogP contribution in [0.3, 0.4) is 0 Å². The van der Waals surface area contributed by atoms with E-state index in [9.17, 15) is 4.79 Å². The standard InChI is InChI=1S/C15H16ClNO2S2/c1-17(8-13-6-7-14(16)21-13)15(19)10-20-12-4-2-11(9-18)3-5-12/h2-7,18H,8-10H2,1H3. The van der Waals surface area contributed by atoms with E-state index in [2.05, 4.69) is 0 Å². The number of rotatable bonds is 6. The number of nitrogens with zero attached hydrogens (tertiary/aromatic N) is 1. The van der Waals surface area contributed by atoms with Crippen molar-refractivity contribution in [1.29, 1.82) is 0 Å². The molecule has 0 atom stereocenters. The molecule has 0 spiro atoms. The summed E-state index contributed by atoms with van der Waals surface area (Å²) in [6.07, 6.45) is 0. The van der Waals surface area contributed by atoms with E-state index in [0.29, 0.717) is 12.3 Å². The van der Waals surface area contributed by atoms with Crippen LogP contribution in [0.2, 0.25) is 4.34 Å². The monoisotopic (exact) mass is 341 g/mol. The van der Waals surface area contributed by atoms with Crippen molar-refractivity contribution in [2.75, 3.05) is 12.8 Å². The molecule has 0 radical (unpaired) electrons. The van der Waals surface area contributed by atoms with Gasteiger partial charge in [0.15, 0.2) is 0 Å². The smallest absolute Gasteiger partial charge is 0.233 e. The zero-order chi connectivity index (χ0) is 15.2. The molecule has 3 nitrogen and oxygen atoms in total. The minimum atomic E-state index is 0.0377. The van der Waals surface area contributed by atoms with Crippen LogP contribution in [-0.4, -0.2) is 28.7 Å². The Balaban J connectivity index is 1.82. The lowest BCUT2D eigenvalue weighted by Gasteiger charge is -2.16. The molecule has 0 bridgehead atoms. The molecule has 21 heavy (non-hydrogen) atoms. The third-order valence-corrected chi connectivity index (χ3v) is 5.13. The van der Waals surface area contributed by atoms with Gasteiger partial charge in [-0.25, -0.2) is 0 Å². The quantitative estimate of drug-likeness (QED) is 0.815. The van der Waals surface area contributed by atoms with E-state index in [1.807, 2.05) is 36.4 Å². The van der Waals surface area contributed by atoms with Crippen molar-refractivity contribution in [3.05, 3.63) is 51.2 Å². The van der Waals surface area contributed by atoms with E-state index in [1.165, 1.54) is 23.1 Å². The Morgan fingerprint density at radius 2 is 2.00 bits per heavy atom. The fourth-order valence-corrected chi connectivity index (χ4v) is 3.69. The average Bonchev–Trinajstić information content (AvgIpc) is 2.90. The number of aliphatic hydroxyl groups excluding tert-OH is 1. The summed E-state index contributed by atoms with van der Waals surface area (Å²) in [5, 5.41) is 8.99. The van der Waals surface area contributed by atoms with Gasteiger partial charge < -0.3 is 10.0 Å². The van der Waals surface area contributed by atoms with Gasteiger partial charge >= 0.3 is 0 Å². The number of carbonyl (C=O) groups is 1. The van der Waals surface area contributed by atoms with E-state index >= 15 is 0 Å². The predicted octanol–water partition coefficient (Wildman–Crippen LogP) is 3.64. The van der Waals surface area contributed by atoms with Gasteiger partial charge in [0.1, 0.15) is 0 Å².